The van der Waals surface area contributed by atoms with E-state index in [1.807, 2.05) is 61.7 Å². The minimum atomic E-state index is -0.735. The number of hydrogen-bond donors (Lipinski definition) is 1. The second-order valence-corrected chi connectivity index (χ2v) is 5.19. The van der Waals surface area contributed by atoms with E-state index in [0.29, 0.717) is 0 Å². The Hall–Kier alpha value is -1.69. The monoisotopic (exact) mass is 268 g/mol. The highest BCUT2D eigenvalue weighted by molar-refractivity contribution is 7.98. The molecule has 0 radical (unpaired) electrons. The van der Waals surface area contributed by atoms with E-state index in [2.05, 4.69) is 11.8 Å². The molecule has 0 spiro atoms. The minimum Gasteiger partial charge on any atom is -0.376 e. The van der Waals surface area contributed by atoms with E-state index in [9.17, 15) is 5.11 Å². The van der Waals surface area contributed by atoms with Crippen LogP contribution in [0, 0.1) is 18.8 Å². The van der Waals surface area contributed by atoms with E-state index < -0.39 is 6.10 Å². The van der Waals surface area contributed by atoms with Gasteiger partial charge >= 0.3 is 0 Å². The van der Waals surface area contributed by atoms with Crippen molar-refractivity contribution >= 4 is 11.8 Å². The van der Waals surface area contributed by atoms with Gasteiger partial charge in [-0.1, -0.05) is 41.7 Å². The fourth-order valence-electron chi connectivity index (χ4n) is 1.66. The van der Waals surface area contributed by atoms with Crippen molar-refractivity contribution in [2.45, 2.75) is 17.9 Å². The van der Waals surface area contributed by atoms with E-state index in [1.165, 1.54) is 10.5 Å². The average molecular weight is 268 g/mol. The molecule has 19 heavy (non-hydrogen) atoms. The zero-order chi connectivity index (χ0) is 13.7. The van der Waals surface area contributed by atoms with Crippen LogP contribution in [0.3, 0.4) is 0 Å². The summed E-state index contributed by atoms with van der Waals surface area (Å²) in [6, 6.07) is 15.8. The zero-order valence-corrected chi connectivity index (χ0v) is 11.9. The quantitative estimate of drug-likeness (QED) is 0.660. The van der Waals surface area contributed by atoms with Gasteiger partial charge in [-0.25, -0.2) is 0 Å². The van der Waals surface area contributed by atoms with Gasteiger partial charge in [-0.15, -0.1) is 11.8 Å². The molecule has 0 unspecified atom stereocenters. The number of aliphatic hydroxyl groups excluding tert-OH is 1. The summed E-state index contributed by atoms with van der Waals surface area (Å²) < 4.78 is 0. The molecule has 0 aliphatic rings. The van der Waals surface area contributed by atoms with Crippen molar-refractivity contribution in [1.29, 1.82) is 0 Å². The first-order valence-electron chi connectivity index (χ1n) is 6.09. The lowest BCUT2D eigenvalue weighted by Gasteiger charge is -2.03. The summed E-state index contributed by atoms with van der Waals surface area (Å²) in [7, 11) is 0. The van der Waals surface area contributed by atoms with Crippen LogP contribution < -0.4 is 0 Å². The van der Waals surface area contributed by atoms with Crippen LogP contribution in [0.4, 0.5) is 0 Å². The Morgan fingerprint density at radius 1 is 1.00 bits per heavy atom. The van der Waals surface area contributed by atoms with Crippen molar-refractivity contribution in [2.75, 3.05) is 6.26 Å². The number of benzene rings is 2. The number of hydrogen-bond acceptors (Lipinski definition) is 2. The highest BCUT2D eigenvalue weighted by atomic mass is 32.2. The molecule has 0 fully saturated rings. The molecule has 0 aromatic heterocycles. The normalized spacial score (nSPS) is 11.5. The van der Waals surface area contributed by atoms with Crippen LogP contribution >= 0.6 is 11.8 Å². The fourth-order valence-corrected chi connectivity index (χ4v) is 2.07. The molecule has 1 N–H and O–H groups in total. The molecule has 0 saturated heterocycles. The van der Waals surface area contributed by atoms with Crippen LogP contribution in [0.5, 0.6) is 0 Å². The number of rotatable bonds is 2. The van der Waals surface area contributed by atoms with Gasteiger partial charge in [0.25, 0.3) is 0 Å². The molecule has 96 valence electrons. The van der Waals surface area contributed by atoms with Gasteiger partial charge < -0.3 is 5.11 Å². The van der Waals surface area contributed by atoms with Crippen LogP contribution in [0.1, 0.15) is 22.8 Å². The van der Waals surface area contributed by atoms with Crippen LogP contribution in [0.25, 0.3) is 0 Å². The third kappa shape index (κ3) is 3.89. The Morgan fingerprint density at radius 2 is 1.63 bits per heavy atom. The van der Waals surface area contributed by atoms with Crippen molar-refractivity contribution in [3.8, 4) is 11.8 Å². The fraction of sp³-hybridized carbons (Fsp3) is 0.176. The number of thioether (sulfide) groups is 1. The molecule has 0 aliphatic carbocycles. The lowest BCUT2D eigenvalue weighted by atomic mass is 10.1. The third-order valence-corrected chi connectivity index (χ3v) is 3.58. The molecule has 2 aromatic carbocycles. The topological polar surface area (TPSA) is 20.2 Å². The molecule has 0 heterocycles. The summed E-state index contributed by atoms with van der Waals surface area (Å²) in [5, 5.41) is 10.00. The third-order valence-electron chi connectivity index (χ3n) is 2.84. The molecular formula is C17H16OS. The van der Waals surface area contributed by atoms with Crippen molar-refractivity contribution in [2.24, 2.45) is 0 Å². The van der Waals surface area contributed by atoms with Crippen molar-refractivity contribution in [3.05, 3.63) is 65.2 Å². The first-order valence-corrected chi connectivity index (χ1v) is 7.32. The largest absolute Gasteiger partial charge is 0.376 e. The molecule has 2 rings (SSSR count). The van der Waals surface area contributed by atoms with Crippen LogP contribution in [0.2, 0.25) is 0 Å². The lowest BCUT2D eigenvalue weighted by molar-refractivity contribution is 0.238. The van der Waals surface area contributed by atoms with Crippen LogP contribution in [-0.2, 0) is 0 Å². The maximum atomic E-state index is 10.00. The van der Waals surface area contributed by atoms with Crippen molar-refractivity contribution in [1.82, 2.24) is 0 Å². The second kappa shape index (κ2) is 6.47. The summed E-state index contributed by atoms with van der Waals surface area (Å²) in [5.74, 6) is 5.87. The molecular weight excluding hydrogens is 252 g/mol. The lowest BCUT2D eigenvalue weighted by Crippen LogP contribution is -1.93. The van der Waals surface area contributed by atoms with Crippen LogP contribution in [0.15, 0.2) is 53.4 Å². The average Bonchev–Trinajstić information content (AvgIpc) is 2.46. The van der Waals surface area contributed by atoms with E-state index in [0.717, 1.165) is 11.1 Å². The smallest absolute Gasteiger partial charge is 0.140 e. The number of aryl methyl sites for hydroxylation is 1. The molecule has 1 nitrogen and oxygen atoms in total. The first kappa shape index (κ1) is 13.7. The van der Waals surface area contributed by atoms with Gasteiger partial charge in [0, 0.05) is 10.5 Å². The Labute approximate surface area is 118 Å². The molecule has 0 saturated carbocycles. The maximum absolute atomic E-state index is 10.00. The van der Waals surface area contributed by atoms with Gasteiger partial charge in [-0.05, 0) is 43.0 Å². The minimum absolute atomic E-state index is 0.735. The molecule has 2 heteroatoms. The Bertz CT molecular complexity index is 588. The van der Waals surface area contributed by atoms with E-state index >= 15 is 0 Å². The SMILES string of the molecule is CSc1ccc(C#C[C@H](O)c2ccc(C)cc2)cc1. The molecule has 0 amide bonds. The Morgan fingerprint density at radius 3 is 2.21 bits per heavy atom. The van der Waals surface area contributed by atoms with Crippen molar-refractivity contribution < 1.29 is 5.11 Å². The van der Waals surface area contributed by atoms with E-state index in [-0.39, 0.29) is 0 Å². The van der Waals surface area contributed by atoms with Gasteiger partial charge in [-0.2, -0.15) is 0 Å². The predicted octanol–water partition coefficient (Wildman–Crippen LogP) is 3.80. The van der Waals surface area contributed by atoms with E-state index in [4.69, 9.17) is 0 Å². The maximum Gasteiger partial charge on any atom is 0.140 e. The van der Waals surface area contributed by atoms with Crippen molar-refractivity contribution in [3.63, 3.8) is 0 Å². The summed E-state index contributed by atoms with van der Waals surface area (Å²) >= 11 is 1.70. The summed E-state index contributed by atoms with van der Waals surface area (Å²) in [5.41, 5.74) is 2.93. The Balaban J connectivity index is 2.11. The van der Waals surface area contributed by atoms with Gasteiger partial charge in [0.15, 0.2) is 0 Å². The van der Waals surface area contributed by atoms with Gasteiger partial charge in [0.2, 0.25) is 0 Å². The van der Waals surface area contributed by atoms with Gasteiger partial charge in [0.1, 0.15) is 6.10 Å². The van der Waals surface area contributed by atoms with Gasteiger partial charge in [-0.3, -0.25) is 0 Å². The molecule has 1 atom stereocenters. The molecule has 0 aliphatic heterocycles. The molecule has 2 aromatic rings. The summed E-state index contributed by atoms with van der Waals surface area (Å²) in [6.07, 6.45) is 1.31. The first-order chi connectivity index (χ1) is 9.19. The highest BCUT2D eigenvalue weighted by Crippen LogP contribution is 2.15. The number of aliphatic hydroxyl groups is 1. The second-order valence-electron chi connectivity index (χ2n) is 4.31. The van der Waals surface area contributed by atoms with Crippen LogP contribution in [-0.4, -0.2) is 11.4 Å². The van der Waals surface area contributed by atoms with E-state index in [1.54, 1.807) is 11.8 Å². The van der Waals surface area contributed by atoms with Gasteiger partial charge in [0.05, 0.1) is 0 Å². The predicted molar refractivity (Wildman–Crippen MR) is 81.2 cm³/mol. The zero-order valence-electron chi connectivity index (χ0n) is 11.1. The standard InChI is InChI=1S/C17H16OS/c1-13-3-8-15(9-4-13)17(18)12-7-14-5-10-16(19-2)11-6-14/h3-6,8-11,17-18H,1-2H3/t17-/m0/s1. The summed E-state index contributed by atoms with van der Waals surface area (Å²) in [6.45, 7) is 2.02. The highest BCUT2D eigenvalue weighted by Gasteiger charge is 2.02. The molecule has 0 bridgehead atoms. The summed E-state index contributed by atoms with van der Waals surface area (Å²) in [4.78, 5) is 1.21. The Kier molecular flexibility index (Phi) is 4.68.